The maximum atomic E-state index is 12.4. The molecule has 0 atom stereocenters. The molecule has 2 aromatic rings. The molecule has 1 aliphatic rings. The number of pyridine rings is 1. The average molecular weight is 330 g/mol. The van der Waals surface area contributed by atoms with E-state index in [1.807, 2.05) is 5.32 Å². The molecule has 1 aromatic heterocycles. The number of nitrogens with zero attached hydrogens (tertiary/aromatic N) is 2. The van der Waals surface area contributed by atoms with E-state index >= 15 is 0 Å². The Hall–Kier alpha value is -3.69. The molecule has 0 saturated heterocycles. The van der Waals surface area contributed by atoms with Gasteiger partial charge in [0.05, 0.1) is 23.2 Å². The van der Waals surface area contributed by atoms with E-state index in [0.717, 1.165) is 16.7 Å². The summed E-state index contributed by atoms with van der Waals surface area (Å²) >= 11 is 0. The second-order valence-corrected chi connectivity index (χ2v) is 4.89. The molecule has 1 aromatic carbocycles. The van der Waals surface area contributed by atoms with Gasteiger partial charge in [0.15, 0.2) is 0 Å². The summed E-state index contributed by atoms with van der Waals surface area (Å²) in [5, 5.41) is 13.3. The molecule has 0 aliphatic carbocycles. The molecule has 24 heavy (non-hydrogen) atoms. The largest absolute Gasteiger partial charge is 0.497 e. The summed E-state index contributed by atoms with van der Waals surface area (Å²) in [4.78, 5) is 46.4. The van der Waals surface area contributed by atoms with Crippen LogP contribution >= 0.6 is 0 Å². The minimum atomic E-state index is -0.785. The number of nitro benzene ring substituents is 1. The lowest BCUT2D eigenvalue weighted by Crippen LogP contribution is -2.24. The third kappa shape index (κ3) is 2.08. The van der Waals surface area contributed by atoms with Crippen molar-refractivity contribution in [1.82, 2.24) is 9.88 Å². The number of methoxy groups -OCH3 is 1. The Morgan fingerprint density at radius 2 is 1.92 bits per heavy atom. The van der Waals surface area contributed by atoms with Gasteiger partial charge in [-0.15, -0.1) is 0 Å². The summed E-state index contributed by atoms with van der Waals surface area (Å²) in [5.74, 6) is -1.63. The number of carbonyl (C=O) groups excluding carboxylic acids is 2. The van der Waals surface area contributed by atoms with Gasteiger partial charge in [-0.25, -0.2) is 0 Å². The first kappa shape index (κ1) is 15.2. The molecule has 3 rings (SSSR count). The van der Waals surface area contributed by atoms with Gasteiger partial charge in [0, 0.05) is 18.2 Å². The van der Waals surface area contributed by atoms with Gasteiger partial charge < -0.3 is 10.5 Å². The quantitative estimate of drug-likeness (QED) is 0.465. The molecule has 2 heterocycles. The first-order chi connectivity index (χ1) is 11.3. The van der Waals surface area contributed by atoms with Crippen LogP contribution in [0.4, 0.5) is 11.5 Å². The van der Waals surface area contributed by atoms with Crippen LogP contribution in [0.15, 0.2) is 29.1 Å². The van der Waals surface area contributed by atoms with Gasteiger partial charge in [0.2, 0.25) is 0 Å². The van der Waals surface area contributed by atoms with Gasteiger partial charge in [-0.2, -0.15) is 0 Å². The number of aromatic nitrogens is 1. The van der Waals surface area contributed by atoms with E-state index in [9.17, 15) is 24.5 Å². The fourth-order valence-electron chi connectivity index (χ4n) is 2.49. The van der Waals surface area contributed by atoms with Crippen LogP contribution in [0.25, 0.3) is 5.69 Å². The molecular formula is C14H10N4O6. The lowest BCUT2D eigenvalue weighted by molar-refractivity contribution is -0.384. The number of benzene rings is 1. The van der Waals surface area contributed by atoms with E-state index in [-0.39, 0.29) is 28.4 Å². The van der Waals surface area contributed by atoms with Crippen LogP contribution in [0.5, 0.6) is 5.75 Å². The van der Waals surface area contributed by atoms with E-state index in [0.29, 0.717) is 0 Å². The number of hydrogen-bond acceptors (Lipinski definition) is 7. The summed E-state index contributed by atoms with van der Waals surface area (Å²) in [7, 11) is 1.35. The number of nitro groups is 1. The zero-order chi connectivity index (χ0) is 17.6. The number of nitrogens with two attached hydrogens (primary N) is 1. The number of ether oxygens (including phenoxy) is 1. The smallest absolute Gasteiger partial charge is 0.293 e. The number of imide groups is 1. The van der Waals surface area contributed by atoms with Gasteiger partial charge in [0.25, 0.3) is 23.1 Å². The highest BCUT2D eigenvalue weighted by Crippen LogP contribution is 2.30. The van der Waals surface area contributed by atoms with Gasteiger partial charge in [0.1, 0.15) is 17.3 Å². The number of anilines is 1. The van der Waals surface area contributed by atoms with Crippen LogP contribution in [0.1, 0.15) is 20.7 Å². The Kier molecular flexibility index (Phi) is 3.29. The summed E-state index contributed by atoms with van der Waals surface area (Å²) in [6, 6.07) is 4.66. The van der Waals surface area contributed by atoms with Crippen molar-refractivity contribution in [2.75, 3.05) is 12.8 Å². The van der Waals surface area contributed by atoms with Crippen molar-refractivity contribution < 1.29 is 19.2 Å². The standard InChI is InChI=1S/C14H10N4O6/c1-24-6-2-3-8(18(22)23)9(4-6)17-10(19)5-7-11(12(17)15)14(21)16-13(7)20/h2-5H,15H2,1H3,(H,16,20,21). The molecule has 0 bridgehead atoms. The Morgan fingerprint density at radius 3 is 2.54 bits per heavy atom. The lowest BCUT2D eigenvalue weighted by Gasteiger charge is -2.13. The van der Waals surface area contributed by atoms with Crippen molar-refractivity contribution in [3.05, 3.63) is 55.9 Å². The monoisotopic (exact) mass is 330 g/mol. The maximum Gasteiger partial charge on any atom is 0.293 e. The molecule has 1 aliphatic heterocycles. The minimum Gasteiger partial charge on any atom is -0.497 e. The van der Waals surface area contributed by atoms with Crippen molar-refractivity contribution in [1.29, 1.82) is 0 Å². The highest BCUT2D eigenvalue weighted by Gasteiger charge is 2.33. The molecule has 10 nitrogen and oxygen atoms in total. The first-order valence-electron chi connectivity index (χ1n) is 6.59. The molecule has 0 unspecified atom stereocenters. The molecule has 0 fully saturated rings. The highest BCUT2D eigenvalue weighted by molar-refractivity contribution is 6.23. The van der Waals surface area contributed by atoms with Gasteiger partial charge in [-0.3, -0.25) is 34.4 Å². The zero-order valence-corrected chi connectivity index (χ0v) is 12.2. The minimum absolute atomic E-state index is 0.163. The highest BCUT2D eigenvalue weighted by atomic mass is 16.6. The third-order valence-corrected chi connectivity index (χ3v) is 3.57. The van der Waals surface area contributed by atoms with Gasteiger partial charge >= 0.3 is 0 Å². The van der Waals surface area contributed by atoms with E-state index in [4.69, 9.17) is 10.5 Å². The summed E-state index contributed by atoms with van der Waals surface area (Å²) in [6.07, 6.45) is 0. The average Bonchev–Trinajstić information content (AvgIpc) is 2.81. The van der Waals surface area contributed by atoms with Crippen LogP contribution in [-0.2, 0) is 0 Å². The Morgan fingerprint density at radius 1 is 1.21 bits per heavy atom. The lowest BCUT2D eigenvalue weighted by atomic mass is 10.1. The Labute approximate surface area is 133 Å². The van der Waals surface area contributed by atoms with E-state index in [2.05, 4.69) is 0 Å². The normalized spacial score (nSPS) is 12.7. The number of nitrogens with one attached hydrogen (secondary N) is 1. The second kappa shape index (κ2) is 5.19. The number of hydrogen-bond donors (Lipinski definition) is 2. The van der Waals surface area contributed by atoms with Crippen LogP contribution < -0.4 is 21.3 Å². The van der Waals surface area contributed by atoms with Crippen molar-refractivity contribution >= 4 is 23.3 Å². The molecule has 122 valence electrons. The Balaban J connectivity index is 2.39. The van der Waals surface area contributed by atoms with E-state index in [1.165, 1.54) is 19.2 Å². The molecule has 2 amide bonds. The Bertz CT molecular complexity index is 978. The summed E-state index contributed by atoms with van der Waals surface area (Å²) < 4.78 is 5.81. The van der Waals surface area contributed by atoms with Crippen LogP contribution in [0.2, 0.25) is 0 Å². The van der Waals surface area contributed by atoms with Crippen LogP contribution in [0, 0.1) is 10.1 Å². The molecule has 10 heteroatoms. The predicted molar refractivity (Wildman–Crippen MR) is 81.5 cm³/mol. The third-order valence-electron chi connectivity index (χ3n) is 3.57. The van der Waals surface area contributed by atoms with Crippen molar-refractivity contribution in [3.8, 4) is 11.4 Å². The first-order valence-corrected chi connectivity index (χ1v) is 6.59. The number of nitrogen functional groups attached to an aromatic ring is 1. The summed E-state index contributed by atoms with van der Waals surface area (Å²) in [5.41, 5.74) is 4.14. The fraction of sp³-hybridized carbons (Fsp3) is 0.0714. The molecule has 0 saturated carbocycles. The molecule has 0 radical (unpaired) electrons. The second-order valence-electron chi connectivity index (χ2n) is 4.89. The summed E-state index contributed by atoms with van der Waals surface area (Å²) in [6.45, 7) is 0. The number of amides is 2. The van der Waals surface area contributed by atoms with E-state index in [1.54, 1.807) is 0 Å². The number of carbonyl (C=O) groups is 2. The van der Waals surface area contributed by atoms with E-state index < -0.39 is 28.0 Å². The topological polar surface area (TPSA) is 147 Å². The SMILES string of the molecule is COc1ccc([N+](=O)[O-])c(-n2c(N)c3c(cc2=O)C(=O)NC3=O)c1. The number of rotatable bonds is 3. The van der Waals surface area contributed by atoms with Gasteiger partial charge in [-0.1, -0.05) is 0 Å². The van der Waals surface area contributed by atoms with Crippen LogP contribution in [0.3, 0.4) is 0 Å². The molecule has 0 spiro atoms. The fourth-order valence-corrected chi connectivity index (χ4v) is 2.49. The predicted octanol–water partition coefficient (Wildman–Crippen LogP) is 0.220. The number of fused-ring (bicyclic) bond motifs is 1. The van der Waals surface area contributed by atoms with Crippen molar-refractivity contribution in [2.45, 2.75) is 0 Å². The molecule has 3 N–H and O–H groups in total. The zero-order valence-electron chi connectivity index (χ0n) is 12.2. The van der Waals surface area contributed by atoms with Crippen molar-refractivity contribution in [2.24, 2.45) is 0 Å². The van der Waals surface area contributed by atoms with Crippen LogP contribution in [-0.4, -0.2) is 28.4 Å². The maximum absolute atomic E-state index is 12.4. The van der Waals surface area contributed by atoms with Gasteiger partial charge in [-0.05, 0) is 6.07 Å². The molecular weight excluding hydrogens is 320 g/mol. The van der Waals surface area contributed by atoms with Crippen molar-refractivity contribution in [3.63, 3.8) is 0 Å².